The quantitative estimate of drug-likeness (QED) is 0.445. The molecule has 1 amide bonds. The van der Waals surface area contributed by atoms with Crippen LogP contribution in [-0.4, -0.2) is 24.0 Å². The van der Waals surface area contributed by atoms with Crippen LogP contribution in [0.2, 0.25) is 10.0 Å². The summed E-state index contributed by atoms with van der Waals surface area (Å²) >= 11 is 18.7. The highest BCUT2D eigenvalue weighted by molar-refractivity contribution is 9.10. The maximum atomic E-state index is 11.8. The van der Waals surface area contributed by atoms with Crippen LogP contribution in [0.1, 0.15) is 11.1 Å². The summed E-state index contributed by atoms with van der Waals surface area (Å²) in [6.07, 6.45) is 0. The van der Waals surface area contributed by atoms with Gasteiger partial charge in [0.15, 0.2) is 0 Å². The molecule has 0 unspecified atom stereocenters. The molecule has 2 aromatic rings. The van der Waals surface area contributed by atoms with Crippen LogP contribution < -0.4 is 5.32 Å². The first-order chi connectivity index (χ1) is 12.0. The van der Waals surface area contributed by atoms with Crippen LogP contribution >= 0.6 is 62.7 Å². The SMILES string of the molecule is O=C(CSCc1ccc(Br)cc1)NCCSCc1ccc(Cl)c(Cl)c1. The summed E-state index contributed by atoms with van der Waals surface area (Å²) in [5.74, 6) is 3.12. The van der Waals surface area contributed by atoms with Gasteiger partial charge in [0, 0.05) is 28.3 Å². The van der Waals surface area contributed by atoms with E-state index in [2.05, 4.69) is 33.4 Å². The summed E-state index contributed by atoms with van der Waals surface area (Å²) in [4.78, 5) is 11.8. The fraction of sp³-hybridized carbons (Fsp3) is 0.278. The van der Waals surface area contributed by atoms with E-state index in [1.165, 1.54) is 5.56 Å². The Labute approximate surface area is 175 Å². The van der Waals surface area contributed by atoms with Gasteiger partial charge in [-0.05, 0) is 35.4 Å². The molecule has 0 bridgehead atoms. The number of halogens is 3. The zero-order valence-corrected chi connectivity index (χ0v) is 18.2. The molecule has 134 valence electrons. The van der Waals surface area contributed by atoms with Gasteiger partial charge in [-0.3, -0.25) is 4.79 Å². The second kappa shape index (κ2) is 11.4. The lowest BCUT2D eigenvalue weighted by atomic mass is 10.2. The summed E-state index contributed by atoms with van der Waals surface area (Å²) in [6.45, 7) is 0.670. The van der Waals surface area contributed by atoms with E-state index in [0.29, 0.717) is 22.3 Å². The minimum Gasteiger partial charge on any atom is -0.355 e. The Morgan fingerprint density at radius 3 is 2.36 bits per heavy atom. The van der Waals surface area contributed by atoms with Crippen LogP contribution in [-0.2, 0) is 16.3 Å². The first kappa shape index (κ1) is 21.0. The minimum absolute atomic E-state index is 0.0808. The van der Waals surface area contributed by atoms with E-state index in [1.54, 1.807) is 23.5 Å². The van der Waals surface area contributed by atoms with Gasteiger partial charge in [-0.25, -0.2) is 0 Å². The third kappa shape index (κ3) is 8.27. The normalized spacial score (nSPS) is 10.7. The lowest BCUT2D eigenvalue weighted by Gasteiger charge is -2.06. The van der Waals surface area contributed by atoms with E-state index in [0.717, 1.165) is 27.3 Å². The smallest absolute Gasteiger partial charge is 0.230 e. The highest BCUT2D eigenvalue weighted by Crippen LogP contribution is 2.24. The number of hydrogen-bond acceptors (Lipinski definition) is 3. The molecule has 2 rings (SSSR count). The van der Waals surface area contributed by atoms with E-state index in [1.807, 2.05) is 30.3 Å². The molecule has 0 aliphatic heterocycles. The van der Waals surface area contributed by atoms with Crippen molar-refractivity contribution in [1.29, 1.82) is 0 Å². The summed E-state index contributed by atoms with van der Waals surface area (Å²) in [7, 11) is 0. The van der Waals surface area contributed by atoms with Crippen molar-refractivity contribution in [3.63, 3.8) is 0 Å². The van der Waals surface area contributed by atoms with Crippen molar-refractivity contribution in [3.05, 3.63) is 68.1 Å². The van der Waals surface area contributed by atoms with Gasteiger partial charge in [0.25, 0.3) is 0 Å². The maximum Gasteiger partial charge on any atom is 0.230 e. The van der Waals surface area contributed by atoms with E-state index in [-0.39, 0.29) is 5.91 Å². The molecule has 0 saturated heterocycles. The summed E-state index contributed by atoms with van der Waals surface area (Å²) in [5.41, 5.74) is 2.36. The molecule has 0 spiro atoms. The van der Waals surface area contributed by atoms with E-state index in [4.69, 9.17) is 23.2 Å². The minimum atomic E-state index is 0.0808. The van der Waals surface area contributed by atoms with Crippen molar-refractivity contribution in [3.8, 4) is 0 Å². The molecule has 2 aromatic carbocycles. The topological polar surface area (TPSA) is 29.1 Å². The lowest BCUT2D eigenvalue weighted by Crippen LogP contribution is -2.27. The number of carbonyl (C=O) groups is 1. The van der Waals surface area contributed by atoms with Gasteiger partial charge in [0.1, 0.15) is 0 Å². The molecule has 1 N–H and O–H groups in total. The number of nitrogens with one attached hydrogen (secondary N) is 1. The van der Waals surface area contributed by atoms with E-state index >= 15 is 0 Å². The Kier molecular flexibility index (Phi) is 9.56. The van der Waals surface area contributed by atoms with Crippen molar-refractivity contribution < 1.29 is 4.79 Å². The Balaban J connectivity index is 1.54. The zero-order valence-electron chi connectivity index (χ0n) is 13.4. The molecule has 0 heterocycles. The monoisotopic (exact) mass is 477 g/mol. The first-order valence-electron chi connectivity index (χ1n) is 7.65. The molecule has 0 aromatic heterocycles. The van der Waals surface area contributed by atoms with Gasteiger partial charge in [0.2, 0.25) is 5.91 Å². The summed E-state index contributed by atoms with van der Waals surface area (Å²) in [6, 6.07) is 13.8. The highest BCUT2D eigenvalue weighted by Gasteiger charge is 2.03. The fourth-order valence-electron chi connectivity index (χ4n) is 1.98. The third-order valence-electron chi connectivity index (χ3n) is 3.24. The van der Waals surface area contributed by atoms with Gasteiger partial charge >= 0.3 is 0 Å². The van der Waals surface area contributed by atoms with Gasteiger partial charge in [-0.2, -0.15) is 11.8 Å². The van der Waals surface area contributed by atoms with Gasteiger partial charge < -0.3 is 5.32 Å². The highest BCUT2D eigenvalue weighted by atomic mass is 79.9. The van der Waals surface area contributed by atoms with Crippen molar-refractivity contribution in [2.75, 3.05) is 18.1 Å². The molecule has 0 atom stereocenters. The number of carbonyl (C=O) groups excluding carboxylic acids is 1. The Morgan fingerprint density at radius 2 is 1.64 bits per heavy atom. The average molecular weight is 479 g/mol. The predicted octanol–water partition coefficient (Wildman–Crippen LogP) is 6.04. The van der Waals surface area contributed by atoms with Crippen molar-refractivity contribution in [2.24, 2.45) is 0 Å². The number of rotatable bonds is 9. The van der Waals surface area contributed by atoms with Gasteiger partial charge in [-0.1, -0.05) is 57.3 Å². The molecule has 2 nitrogen and oxygen atoms in total. The fourth-order valence-corrected chi connectivity index (χ4v) is 4.18. The Morgan fingerprint density at radius 1 is 0.960 bits per heavy atom. The number of hydrogen-bond donors (Lipinski definition) is 1. The van der Waals surface area contributed by atoms with Crippen molar-refractivity contribution >= 4 is 68.6 Å². The molecule has 0 saturated carbocycles. The van der Waals surface area contributed by atoms with Crippen LogP contribution in [0.5, 0.6) is 0 Å². The molecular weight excluding hydrogens is 461 g/mol. The molecule has 7 heteroatoms. The molecule has 0 fully saturated rings. The molecule has 0 radical (unpaired) electrons. The Hall–Kier alpha value is -0.330. The van der Waals surface area contributed by atoms with E-state index < -0.39 is 0 Å². The number of amides is 1. The largest absolute Gasteiger partial charge is 0.355 e. The Bertz CT molecular complexity index is 698. The first-order valence-corrected chi connectivity index (χ1v) is 11.5. The summed E-state index contributed by atoms with van der Waals surface area (Å²) < 4.78 is 1.07. The maximum absolute atomic E-state index is 11.8. The van der Waals surface area contributed by atoms with E-state index in [9.17, 15) is 4.79 Å². The zero-order chi connectivity index (χ0) is 18.1. The molecule has 25 heavy (non-hydrogen) atoms. The second-order valence-electron chi connectivity index (χ2n) is 5.27. The summed E-state index contributed by atoms with van der Waals surface area (Å²) in [5, 5.41) is 4.10. The molecular formula is C18H18BrCl2NOS2. The molecule has 0 aliphatic carbocycles. The number of thioether (sulfide) groups is 2. The van der Waals surface area contributed by atoms with Crippen LogP contribution in [0.15, 0.2) is 46.9 Å². The second-order valence-corrected chi connectivity index (χ2v) is 9.09. The number of benzene rings is 2. The standard InChI is InChI=1S/C18H18BrCl2NOS2/c19-15-4-1-13(2-5-15)10-25-12-18(23)22-7-8-24-11-14-3-6-16(20)17(21)9-14/h1-6,9H,7-8,10-12H2,(H,22,23). The van der Waals surface area contributed by atoms with Crippen molar-refractivity contribution in [2.45, 2.75) is 11.5 Å². The van der Waals surface area contributed by atoms with Crippen molar-refractivity contribution in [1.82, 2.24) is 5.32 Å². The van der Waals surface area contributed by atoms with Gasteiger partial charge in [-0.15, -0.1) is 11.8 Å². The van der Waals surface area contributed by atoms with Crippen LogP contribution in [0.4, 0.5) is 0 Å². The lowest BCUT2D eigenvalue weighted by molar-refractivity contribution is -0.118. The van der Waals surface area contributed by atoms with Crippen LogP contribution in [0.3, 0.4) is 0 Å². The van der Waals surface area contributed by atoms with Gasteiger partial charge in [0.05, 0.1) is 15.8 Å². The third-order valence-corrected chi connectivity index (χ3v) is 6.54. The average Bonchev–Trinajstić information content (AvgIpc) is 2.59. The molecule has 0 aliphatic rings. The predicted molar refractivity (Wildman–Crippen MR) is 116 cm³/mol. The van der Waals surface area contributed by atoms with Crippen LogP contribution in [0, 0.1) is 0 Å². The van der Waals surface area contributed by atoms with Crippen LogP contribution in [0.25, 0.3) is 0 Å².